The molecule has 1 aromatic heterocycles. The van der Waals surface area contributed by atoms with Crippen molar-refractivity contribution < 1.29 is 5.11 Å². The van der Waals surface area contributed by atoms with Crippen molar-refractivity contribution >= 4 is 22.6 Å². The molecule has 1 unspecified atom stereocenters. The van der Waals surface area contributed by atoms with Crippen molar-refractivity contribution in [3.05, 3.63) is 27.6 Å². The summed E-state index contributed by atoms with van der Waals surface area (Å²) in [6, 6.07) is 4.13. The predicted molar refractivity (Wildman–Crippen MR) is 67.5 cm³/mol. The molecule has 4 heteroatoms. The van der Waals surface area contributed by atoms with E-state index in [4.69, 9.17) is 0 Å². The summed E-state index contributed by atoms with van der Waals surface area (Å²) in [7, 11) is 0. The summed E-state index contributed by atoms with van der Waals surface area (Å²) in [5, 5.41) is 9.54. The number of piperidine rings is 1. The third-order valence-electron chi connectivity index (χ3n) is 2.68. The lowest BCUT2D eigenvalue weighted by Gasteiger charge is -2.29. The largest absolute Gasteiger partial charge is 0.392 e. The summed E-state index contributed by atoms with van der Waals surface area (Å²) >= 11 is 2.21. The van der Waals surface area contributed by atoms with Crippen LogP contribution in [0.2, 0.25) is 0 Å². The molecule has 0 saturated carbocycles. The Balaban J connectivity index is 1.93. The zero-order valence-corrected chi connectivity index (χ0v) is 10.7. The van der Waals surface area contributed by atoms with Gasteiger partial charge in [0.05, 0.1) is 6.10 Å². The number of likely N-dealkylation sites (tertiary alicyclic amines) is 1. The van der Waals surface area contributed by atoms with Crippen LogP contribution in [0.4, 0.5) is 0 Å². The van der Waals surface area contributed by atoms with Gasteiger partial charge in [-0.15, -0.1) is 0 Å². The van der Waals surface area contributed by atoms with Crippen LogP contribution in [0.5, 0.6) is 0 Å². The highest BCUT2D eigenvalue weighted by Gasteiger charge is 2.17. The van der Waals surface area contributed by atoms with E-state index in [1.165, 1.54) is 5.56 Å². The van der Waals surface area contributed by atoms with Gasteiger partial charge in [0.1, 0.15) is 3.70 Å². The first-order valence-corrected chi connectivity index (χ1v) is 6.33. The van der Waals surface area contributed by atoms with E-state index in [2.05, 4.69) is 38.5 Å². The lowest BCUT2D eigenvalue weighted by Crippen LogP contribution is -2.37. The van der Waals surface area contributed by atoms with Crippen LogP contribution in [0.1, 0.15) is 18.4 Å². The Bertz CT molecular complexity index is 315. The fourth-order valence-corrected chi connectivity index (χ4v) is 2.25. The quantitative estimate of drug-likeness (QED) is 0.665. The number of β-amino-alcohol motifs (C(OH)–C–C–N with tert-alkyl or cyclic N) is 1. The van der Waals surface area contributed by atoms with Crippen LogP contribution in [0.15, 0.2) is 18.3 Å². The minimum atomic E-state index is -0.143. The van der Waals surface area contributed by atoms with Crippen LogP contribution in [-0.2, 0) is 6.54 Å². The molecule has 1 aromatic rings. The lowest BCUT2D eigenvalue weighted by molar-refractivity contribution is 0.0668. The minimum Gasteiger partial charge on any atom is -0.392 e. The first-order chi connectivity index (χ1) is 7.24. The molecule has 2 heterocycles. The van der Waals surface area contributed by atoms with Gasteiger partial charge >= 0.3 is 0 Å². The standard InChI is InChI=1S/C11H15IN2O/c12-11-4-3-9(6-13-11)7-14-5-1-2-10(15)8-14/h3-4,6,10,15H,1-2,5,7-8H2. The first kappa shape index (κ1) is 11.3. The van der Waals surface area contributed by atoms with Gasteiger partial charge in [0.25, 0.3) is 0 Å². The van der Waals surface area contributed by atoms with Crippen LogP contribution in [-0.4, -0.2) is 34.2 Å². The van der Waals surface area contributed by atoms with Crippen LogP contribution in [0.3, 0.4) is 0 Å². The molecule has 0 aliphatic carbocycles. The summed E-state index contributed by atoms with van der Waals surface area (Å²) in [5.74, 6) is 0. The third-order valence-corrected chi connectivity index (χ3v) is 3.31. The van der Waals surface area contributed by atoms with Gasteiger partial charge in [-0.25, -0.2) is 0 Å². The highest BCUT2D eigenvalue weighted by molar-refractivity contribution is 14.1. The van der Waals surface area contributed by atoms with Gasteiger partial charge in [0.15, 0.2) is 0 Å². The fourth-order valence-electron chi connectivity index (χ4n) is 1.93. The maximum Gasteiger partial charge on any atom is 0.101 e. The van der Waals surface area contributed by atoms with E-state index >= 15 is 0 Å². The van der Waals surface area contributed by atoms with Gasteiger partial charge in [-0.2, -0.15) is 0 Å². The molecule has 0 radical (unpaired) electrons. The molecule has 1 aliphatic heterocycles. The van der Waals surface area contributed by atoms with Crippen molar-refractivity contribution in [2.45, 2.75) is 25.5 Å². The summed E-state index contributed by atoms with van der Waals surface area (Å²) in [6.45, 7) is 2.79. The van der Waals surface area contributed by atoms with Crippen molar-refractivity contribution in [1.82, 2.24) is 9.88 Å². The summed E-state index contributed by atoms with van der Waals surface area (Å²) in [6.07, 6.45) is 3.82. The molecular weight excluding hydrogens is 303 g/mol. The first-order valence-electron chi connectivity index (χ1n) is 5.25. The molecule has 1 aliphatic rings. The van der Waals surface area contributed by atoms with Crippen LogP contribution < -0.4 is 0 Å². The number of aliphatic hydroxyl groups is 1. The zero-order chi connectivity index (χ0) is 10.7. The van der Waals surface area contributed by atoms with Gasteiger partial charge in [0.2, 0.25) is 0 Å². The second kappa shape index (κ2) is 5.23. The number of aliphatic hydroxyl groups excluding tert-OH is 1. The molecular formula is C11H15IN2O. The van der Waals surface area contributed by atoms with Crippen molar-refractivity contribution in [2.24, 2.45) is 0 Å². The zero-order valence-electron chi connectivity index (χ0n) is 8.56. The normalized spacial score (nSPS) is 22.9. The Morgan fingerprint density at radius 2 is 2.40 bits per heavy atom. The van der Waals surface area contributed by atoms with Crippen LogP contribution >= 0.6 is 22.6 Å². The Kier molecular flexibility index (Phi) is 3.93. The Hall–Kier alpha value is -0.200. The lowest BCUT2D eigenvalue weighted by atomic mass is 10.1. The number of hydrogen-bond acceptors (Lipinski definition) is 3. The molecule has 3 nitrogen and oxygen atoms in total. The molecule has 1 N–H and O–H groups in total. The fraction of sp³-hybridized carbons (Fsp3) is 0.545. The predicted octanol–water partition coefficient (Wildman–Crippen LogP) is 1.64. The topological polar surface area (TPSA) is 36.4 Å². The summed E-state index contributed by atoms with van der Waals surface area (Å²) < 4.78 is 1.02. The van der Waals surface area contributed by atoms with E-state index < -0.39 is 0 Å². The van der Waals surface area contributed by atoms with E-state index in [9.17, 15) is 5.11 Å². The summed E-state index contributed by atoms with van der Waals surface area (Å²) in [4.78, 5) is 6.55. The number of hydrogen-bond donors (Lipinski definition) is 1. The third kappa shape index (κ3) is 3.39. The molecule has 1 atom stereocenters. The number of nitrogens with zero attached hydrogens (tertiary/aromatic N) is 2. The molecule has 2 rings (SSSR count). The Labute approximate surface area is 104 Å². The molecule has 15 heavy (non-hydrogen) atoms. The molecule has 0 spiro atoms. The molecule has 0 bridgehead atoms. The van der Waals surface area contributed by atoms with E-state index in [1.807, 2.05) is 12.3 Å². The molecule has 1 saturated heterocycles. The van der Waals surface area contributed by atoms with E-state index in [0.29, 0.717) is 0 Å². The molecule has 1 fully saturated rings. The SMILES string of the molecule is OC1CCCN(Cc2ccc(I)nc2)C1. The highest BCUT2D eigenvalue weighted by atomic mass is 127. The number of halogens is 1. The van der Waals surface area contributed by atoms with Gasteiger partial charge in [0, 0.05) is 19.3 Å². The average molecular weight is 318 g/mol. The molecule has 0 aromatic carbocycles. The monoisotopic (exact) mass is 318 g/mol. The molecule has 0 amide bonds. The average Bonchev–Trinajstić information content (AvgIpc) is 2.22. The maximum atomic E-state index is 9.54. The second-order valence-electron chi connectivity index (χ2n) is 4.02. The van der Waals surface area contributed by atoms with E-state index in [1.54, 1.807) is 0 Å². The van der Waals surface area contributed by atoms with Crippen LogP contribution in [0, 0.1) is 3.70 Å². The second-order valence-corrected chi connectivity index (χ2v) is 5.13. The van der Waals surface area contributed by atoms with E-state index in [0.717, 1.165) is 36.2 Å². The minimum absolute atomic E-state index is 0.143. The van der Waals surface area contributed by atoms with Crippen molar-refractivity contribution in [3.63, 3.8) is 0 Å². The van der Waals surface area contributed by atoms with Crippen molar-refractivity contribution in [3.8, 4) is 0 Å². The molecule has 82 valence electrons. The number of pyridine rings is 1. The van der Waals surface area contributed by atoms with Gasteiger partial charge in [-0.1, -0.05) is 6.07 Å². The van der Waals surface area contributed by atoms with Gasteiger partial charge < -0.3 is 5.11 Å². The number of rotatable bonds is 2. The summed E-state index contributed by atoms with van der Waals surface area (Å²) in [5.41, 5.74) is 1.23. The van der Waals surface area contributed by atoms with Gasteiger partial charge in [-0.05, 0) is 53.6 Å². The smallest absolute Gasteiger partial charge is 0.101 e. The van der Waals surface area contributed by atoms with Gasteiger partial charge in [-0.3, -0.25) is 9.88 Å². The van der Waals surface area contributed by atoms with Crippen LogP contribution in [0.25, 0.3) is 0 Å². The van der Waals surface area contributed by atoms with Crippen molar-refractivity contribution in [1.29, 1.82) is 0 Å². The maximum absolute atomic E-state index is 9.54. The number of aromatic nitrogens is 1. The van der Waals surface area contributed by atoms with E-state index in [-0.39, 0.29) is 6.10 Å². The Morgan fingerprint density at radius 1 is 1.53 bits per heavy atom. The highest BCUT2D eigenvalue weighted by Crippen LogP contribution is 2.13. The van der Waals surface area contributed by atoms with Crippen molar-refractivity contribution in [2.75, 3.05) is 13.1 Å². The Morgan fingerprint density at radius 3 is 3.07 bits per heavy atom.